The first-order valence-corrected chi connectivity index (χ1v) is 14.7. The van der Waals surface area contributed by atoms with Crippen LogP contribution in [0.4, 0.5) is 28.8 Å². The number of hydrogen-bond donors (Lipinski definition) is 2. The summed E-state index contributed by atoms with van der Waals surface area (Å²) in [5.41, 5.74) is 1.75. The molecule has 0 unspecified atom stereocenters. The van der Waals surface area contributed by atoms with Crippen LogP contribution in [0.15, 0.2) is 48.7 Å². The molecule has 0 spiro atoms. The molecule has 2 N–H and O–H groups in total. The Morgan fingerprint density at radius 1 is 1.07 bits per heavy atom. The van der Waals surface area contributed by atoms with Crippen molar-refractivity contribution in [2.75, 3.05) is 54.7 Å². The third-order valence-electron chi connectivity index (χ3n) is 6.28. The topological polar surface area (TPSA) is 135 Å². The second-order valence-corrected chi connectivity index (χ2v) is 11.1. The summed E-state index contributed by atoms with van der Waals surface area (Å²) >= 11 is 0. The predicted octanol–water partition coefficient (Wildman–Crippen LogP) is 4.00. The fraction of sp³-hybridized carbons (Fsp3) is 0.370. The number of anilines is 5. The van der Waals surface area contributed by atoms with Gasteiger partial charge in [0.1, 0.15) is 29.6 Å². The van der Waals surface area contributed by atoms with Crippen molar-refractivity contribution < 1.29 is 27.5 Å². The molecule has 12 nitrogen and oxygen atoms in total. The zero-order valence-corrected chi connectivity index (χ0v) is 23.6. The number of nitrogens with zero attached hydrogens (tertiary/aromatic N) is 4. The van der Waals surface area contributed by atoms with Gasteiger partial charge in [-0.15, -0.1) is 0 Å². The van der Waals surface area contributed by atoms with Crippen LogP contribution in [0.1, 0.15) is 24.8 Å². The Bertz CT molecular complexity index is 1410. The zero-order valence-electron chi connectivity index (χ0n) is 22.8. The third-order valence-corrected chi connectivity index (χ3v) is 7.15. The summed E-state index contributed by atoms with van der Waals surface area (Å²) in [5.74, 6) is 1.95. The van der Waals surface area contributed by atoms with Gasteiger partial charge < -0.3 is 24.9 Å². The van der Waals surface area contributed by atoms with Crippen molar-refractivity contribution in [1.29, 1.82) is 0 Å². The van der Waals surface area contributed by atoms with E-state index in [1.165, 1.54) is 19.3 Å². The number of rotatable bonds is 13. The average Bonchev–Trinajstić information content (AvgIpc) is 2.92. The maximum Gasteiger partial charge on any atom is 0.322 e. The largest absolute Gasteiger partial charge is 0.497 e. The molecule has 40 heavy (non-hydrogen) atoms. The number of ether oxygens (including phenoxy) is 2. The highest BCUT2D eigenvalue weighted by Gasteiger charge is 2.25. The molecular formula is C27H34N6O6S. The van der Waals surface area contributed by atoms with Gasteiger partial charge in [-0.05, 0) is 50.6 Å². The van der Waals surface area contributed by atoms with Gasteiger partial charge in [0, 0.05) is 36.6 Å². The number of carbonyl (C=O) groups is 1. The van der Waals surface area contributed by atoms with Crippen molar-refractivity contribution in [2.24, 2.45) is 0 Å². The van der Waals surface area contributed by atoms with E-state index in [-0.39, 0.29) is 18.1 Å². The average molecular weight is 571 g/mol. The summed E-state index contributed by atoms with van der Waals surface area (Å²) in [7, 11) is -2.33. The van der Waals surface area contributed by atoms with Crippen molar-refractivity contribution in [3.8, 4) is 11.5 Å². The Hall–Kier alpha value is -4.10. The molecule has 1 aliphatic heterocycles. The van der Waals surface area contributed by atoms with Gasteiger partial charge in [0.15, 0.2) is 0 Å². The molecule has 0 aliphatic carbocycles. The number of nitrogens with one attached hydrogen (secondary N) is 2. The van der Waals surface area contributed by atoms with E-state index >= 15 is 0 Å². The van der Waals surface area contributed by atoms with Crippen molar-refractivity contribution in [2.45, 2.75) is 26.2 Å². The van der Waals surface area contributed by atoms with Crippen LogP contribution >= 0.6 is 0 Å². The van der Waals surface area contributed by atoms with Crippen molar-refractivity contribution in [3.05, 3.63) is 54.2 Å². The molecule has 1 aromatic heterocycles. The first kappa shape index (κ1) is 28.9. The molecule has 4 rings (SSSR count). The number of likely N-dealkylation sites (tertiary alicyclic amines) is 1. The Balaban J connectivity index is 1.51. The number of hydrogen-bond acceptors (Lipinski definition) is 11. The van der Waals surface area contributed by atoms with Gasteiger partial charge in [-0.3, -0.25) is 9.69 Å². The van der Waals surface area contributed by atoms with Crippen LogP contribution in [0, 0.1) is 6.92 Å². The first-order valence-electron chi connectivity index (χ1n) is 12.9. The lowest BCUT2D eigenvalue weighted by atomic mass is 10.1. The maximum atomic E-state index is 12.3. The monoisotopic (exact) mass is 570 g/mol. The predicted molar refractivity (Wildman–Crippen MR) is 153 cm³/mol. The SMILES string of the molecule is COc1cc(Nc2nccc(Nc3cccc(C)c3N(OC=O)S(C)(=O)=O)n2)cc(OCCN2CCCCC2)c1. The summed E-state index contributed by atoms with van der Waals surface area (Å²) < 4.78 is 36.7. The van der Waals surface area contributed by atoms with Crippen LogP contribution in [0.5, 0.6) is 11.5 Å². The van der Waals surface area contributed by atoms with Crippen LogP contribution in [0.2, 0.25) is 0 Å². The van der Waals surface area contributed by atoms with Gasteiger partial charge in [0.05, 0.1) is 19.1 Å². The number of methoxy groups -OCH3 is 1. The van der Waals surface area contributed by atoms with Gasteiger partial charge in [0.25, 0.3) is 10.0 Å². The smallest absolute Gasteiger partial charge is 0.322 e. The number of aromatic nitrogens is 2. The minimum Gasteiger partial charge on any atom is -0.497 e. The Labute approximate surface area is 234 Å². The normalized spacial score (nSPS) is 13.8. The zero-order chi connectivity index (χ0) is 28.5. The lowest BCUT2D eigenvalue weighted by Gasteiger charge is -2.26. The van der Waals surface area contributed by atoms with Gasteiger partial charge in [-0.25, -0.2) is 13.4 Å². The van der Waals surface area contributed by atoms with Gasteiger partial charge >= 0.3 is 6.47 Å². The molecule has 0 amide bonds. The van der Waals surface area contributed by atoms with Crippen LogP contribution in [-0.2, 0) is 19.7 Å². The molecule has 13 heteroatoms. The number of benzene rings is 2. The summed E-state index contributed by atoms with van der Waals surface area (Å²) in [6.45, 7) is 5.41. The molecule has 2 heterocycles. The van der Waals surface area contributed by atoms with Crippen molar-refractivity contribution in [1.82, 2.24) is 14.9 Å². The van der Waals surface area contributed by atoms with Crippen LogP contribution in [-0.4, -0.2) is 69.4 Å². The van der Waals surface area contributed by atoms with E-state index in [9.17, 15) is 13.2 Å². The summed E-state index contributed by atoms with van der Waals surface area (Å²) in [4.78, 5) is 27.1. The molecule has 1 aliphatic rings. The Morgan fingerprint density at radius 3 is 2.58 bits per heavy atom. The molecule has 0 bridgehead atoms. The van der Waals surface area contributed by atoms with E-state index in [4.69, 9.17) is 14.3 Å². The molecule has 214 valence electrons. The first-order chi connectivity index (χ1) is 19.3. The lowest BCUT2D eigenvalue weighted by molar-refractivity contribution is -0.128. The molecule has 0 radical (unpaired) electrons. The number of aryl methyl sites for hydroxylation is 1. The molecule has 0 saturated carbocycles. The molecule has 0 atom stereocenters. The molecule has 1 fully saturated rings. The second-order valence-electron chi connectivity index (χ2n) is 9.33. The van der Waals surface area contributed by atoms with E-state index in [0.717, 1.165) is 25.9 Å². The Kier molecular flexibility index (Phi) is 9.61. The van der Waals surface area contributed by atoms with E-state index in [0.29, 0.717) is 45.3 Å². The fourth-order valence-corrected chi connectivity index (χ4v) is 5.18. The summed E-state index contributed by atoms with van der Waals surface area (Å²) in [6.07, 6.45) is 6.25. The third kappa shape index (κ3) is 7.73. The van der Waals surface area contributed by atoms with E-state index in [1.807, 2.05) is 12.1 Å². The maximum absolute atomic E-state index is 12.3. The Morgan fingerprint density at radius 2 is 1.85 bits per heavy atom. The molecule has 3 aromatic rings. The number of para-hydroxylation sites is 1. The quantitative estimate of drug-likeness (QED) is 0.228. The highest BCUT2D eigenvalue weighted by Crippen LogP contribution is 2.34. The second kappa shape index (κ2) is 13.3. The molecule has 1 saturated heterocycles. The van der Waals surface area contributed by atoms with E-state index < -0.39 is 10.0 Å². The number of sulfonamides is 1. The molecular weight excluding hydrogens is 536 g/mol. The number of carbonyl (C=O) groups excluding carboxylic acids is 1. The highest BCUT2D eigenvalue weighted by atomic mass is 32.2. The number of piperidine rings is 1. The highest BCUT2D eigenvalue weighted by molar-refractivity contribution is 7.91. The van der Waals surface area contributed by atoms with Gasteiger partial charge in [0.2, 0.25) is 5.95 Å². The summed E-state index contributed by atoms with van der Waals surface area (Å²) in [5, 5.41) is 6.26. The van der Waals surface area contributed by atoms with Crippen molar-refractivity contribution in [3.63, 3.8) is 0 Å². The van der Waals surface area contributed by atoms with E-state index in [2.05, 4.69) is 25.5 Å². The van der Waals surface area contributed by atoms with Crippen LogP contribution in [0.25, 0.3) is 0 Å². The van der Waals surface area contributed by atoms with E-state index in [1.54, 1.807) is 50.6 Å². The van der Waals surface area contributed by atoms with Crippen molar-refractivity contribution >= 4 is 45.3 Å². The van der Waals surface area contributed by atoms with Gasteiger partial charge in [-0.2, -0.15) is 4.98 Å². The molecule has 2 aromatic carbocycles. The van der Waals surface area contributed by atoms with Crippen LogP contribution < -0.4 is 24.6 Å². The van der Waals surface area contributed by atoms with Crippen LogP contribution in [0.3, 0.4) is 0 Å². The van der Waals surface area contributed by atoms with Gasteiger partial charge in [-0.1, -0.05) is 23.0 Å². The minimum absolute atomic E-state index is 0.0593. The fourth-order valence-electron chi connectivity index (χ4n) is 4.41. The minimum atomic E-state index is -3.92. The summed E-state index contributed by atoms with van der Waals surface area (Å²) in [6, 6.07) is 12.2. The lowest BCUT2D eigenvalue weighted by Crippen LogP contribution is -2.33. The standard InChI is InChI=1S/C27H34N6O6S/c1-20-8-7-9-24(26(20)33(39-19-34)40(3,35)36)30-25-10-11-28-27(31-25)29-21-16-22(37-2)18-23(17-21)38-15-14-32-12-5-4-6-13-32/h7-11,16-19H,4-6,12-15H2,1-3H3,(H2,28,29,30,31).